The molecule has 146 valence electrons. The van der Waals surface area contributed by atoms with Gasteiger partial charge in [-0.3, -0.25) is 4.79 Å². The molecule has 4 rings (SSSR count). The first-order valence-electron chi connectivity index (χ1n) is 10.4. The SMILES string of the molecule is O=C(Nc1ccc(N2CCCC2=O)cc1)N1CCC(N2CCCCC2)CC1. The highest BCUT2D eigenvalue weighted by Gasteiger charge is 2.27. The molecule has 0 aliphatic carbocycles. The molecule has 6 heteroatoms. The molecule has 1 aromatic rings. The summed E-state index contributed by atoms with van der Waals surface area (Å²) in [6, 6.07) is 8.24. The Morgan fingerprint density at radius 3 is 2.22 bits per heavy atom. The van der Waals surface area contributed by atoms with E-state index in [0.717, 1.165) is 50.3 Å². The summed E-state index contributed by atoms with van der Waals surface area (Å²) in [5.41, 5.74) is 1.70. The molecule has 3 fully saturated rings. The summed E-state index contributed by atoms with van der Waals surface area (Å²) in [6.07, 6.45) is 7.70. The van der Waals surface area contributed by atoms with E-state index in [4.69, 9.17) is 0 Å². The fourth-order valence-electron chi connectivity index (χ4n) is 4.57. The van der Waals surface area contributed by atoms with Crippen LogP contribution in [-0.2, 0) is 4.79 Å². The smallest absolute Gasteiger partial charge is 0.321 e. The second-order valence-corrected chi connectivity index (χ2v) is 7.94. The van der Waals surface area contributed by atoms with Gasteiger partial charge in [0.15, 0.2) is 0 Å². The third-order valence-electron chi connectivity index (χ3n) is 6.16. The number of carbonyl (C=O) groups is 2. The van der Waals surface area contributed by atoms with Crippen LogP contribution in [0.4, 0.5) is 16.2 Å². The van der Waals surface area contributed by atoms with Gasteiger partial charge in [0, 0.05) is 43.5 Å². The Morgan fingerprint density at radius 2 is 1.59 bits per heavy atom. The predicted molar refractivity (Wildman–Crippen MR) is 107 cm³/mol. The van der Waals surface area contributed by atoms with Gasteiger partial charge in [0.05, 0.1) is 0 Å². The molecule has 0 saturated carbocycles. The van der Waals surface area contributed by atoms with Gasteiger partial charge in [-0.05, 0) is 69.5 Å². The quantitative estimate of drug-likeness (QED) is 0.888. The maximum Gasteiger partial charge on any atom is 0.321 e. The van der Waals surface area contributed by atoms with Crippen LogP contribution in [0.1, 0.15) is 44.9 Å². The Balaban J connectivity index is 1.27. The number of hydrogen-bond donors (Lipinski definition) is 1. The van der Waals surface area contributed by atoms with E-state index >= 15 is 0 Å². The van der Waals surface area contributed by atoms with Crippen LogP contribution in [0, 0.1) is 0 Å². The Morgan fingerprint density at radius 1 is 0.889 bits per heavy atom. The number of anilines is 2. The zero-order chi connectivity index (χ0) is 18.6. The van der Waals surface area contributed by atoms with E-state index in [1.54, 1.807) is 0 Å². The summed E-state index contributed by atoms with van der Waals surface area (Å²) >= 11 is 0. The van der Waals surface area contributed by atoms with Crippen molar-refractivity contribution in [3.63, 3.8) is 0 Å². The van der Waals surface area contributed by atoms with Crippen LogP contribution in [0.15, 0.2) is 24.3 Å². The highest BCUT2D eigenvalue weighted by atomic mass is 16.2. The number of carbonyl (C=O) groups excluding carboxylic acids is 2. The third kappa shape index (κ3) is 4.26. The summed E-state index contributed by atoms with van der Waals surface area (Å²) in [5, 5.41) is 3.00. The molecule has 1 aromatic carbocycles. The molecule has 3 amide bonds. The molecule has 3 saturated heterocycles. The van der Waals surface area contributed by atoms with Gasteiger partial charge >= 0.3 is 6.03 Å². The lowest BCUT2D eigenvalue weighted by Crippen LogP contribution is -2.49. The second kappa shape index (κ2) is 8.30. The summed E-state index contributed by atoms with van der Waals surface area (Å²) < 4.78 is 0. The topological polar surface area (TPSA) is 55.9 Å². The van der Waals surface area contributed by atoms with E-state index in [0.29, 0.717) is 12.5 Å². The van der Waals surface area contributed by atoms with E-state index in [-0.39, 0.29) is 11.9 Å². The summed E-state index contributed by atoms with van der Waals surface area (Å²) in [4.78, 5) is 30.8. The third-order valence-corrected chi connectivity index (χ3v) is 6.16. The van der Waals surface area contributed by atoms with E-state index < -0.39 is 0 Å². The van der Waals surface area contributed by atoms with Crippen LogP contribution in [0.25, 0.3) is 0 Å². The maximum atomic E-state index is 12.6. The van der Waals surface area contributed by atoms with E-state index in [1.165, 1.54) is 32.4 Å². The molecule has 6 nitrogen and oxygen atoms in total. The zero-order valence-electron chi connectivity index (χ0n) is 16.0. The molecule has 27 heavy (non-hydrogen) atoms. The minimum Gasteiger partial charge on any atom is -0.324 e. The van der Waals surface area contributed by atoms with Crippen molar-refractivity contribution in [2.24, 2.45) is 0 Å². The molecule has 1 N–H and O–H groups in total. The molecule has 3 aliphatic rings. The highest BCUT2D eigenvalue weighted by Crippen LogP contribution is 2.24. The second-order valence-electron chi connectivity index (χ2n) is 7.94. The number of nitrogens with one attached hydrogen (secondary N) is 1. The lowest BCUT2D eigenvalue weighted by molar-refractivity contribution is -0.117. The predicted octanol–water partition coefficient (Wildman–Crippen LogP) is 3.30. The number of hydrogen-bond acceptors (Lipinski definition) is 3. The van der Waals surface area contributed by atoms with Crippen molar-refractivity contribution in [3.05, 3.63) is 24.3 Å². The minimum absolute atomic E-state index is 0.0166. The van der Waals surface area contributed by atoms with Crippen molar-refractivity contribution in [2.75, 3.05) is 42.9 Å². The Bertz CT molecular complexity index is 661. The molecule has 0 atom stereocenters. The van der Waals surface area contributed by atoms with Crippen LogP contribution >= 0.6 is 0 Å². The molecule has 0 aromatic heterocycles. The van der Waals surface area contributed by atoms with Crippen LogP contribution < -0.4 is 10.2 Å². The highest BCUT2D eigenvalue weighted by molar-refractivity contribution is 5.96. The fraction of sp³-hybridized carbons (Fsp3) is 0.619. The number of urea groups is 1. The zero-order valence-corrected chi connectivity index (χ0v) is 16.0. The summed E-state index contributed by atoms with van der Waals surface area (Å²) in [6.45, 7) is 4.89. The Kier molecular flexibility index (Phi) is 5.62. The van der Waals surface area contributed by atoms with Crippen molar-refractivity contribution in [2.45, 2.75) is 51.0 Å². The van der Waals surface area contributed by atoms with Gasteiger partial charge in [0.1, 0.15) is 0 Å². The number of rotatable bonds is 3. The van der Waals surface area contributed by atoms with Crippen LogP contribution in [0.2, 0.25) is 0 Å². The van der Waals surface area contributed by atoms with Crippen LogP contribution in [0.3, 0.4) is 0 Å². The van der Waals surface area contributed by atoms with Gasteiger partial charge in [-0.1, -0.05) is 6.42 Å². The fourth-order valence-corrected chi connectivity index (χ4v) is 4.57. The van der Waals surface area contributed by atoms with Crippen LogP contribution in [0.5, 0.6) is 0 Å². The molecular formula is C21H30N4O2. The largest absolute Gasteiger partial charge is 0.324 e. The Hall–Kier alpha value is -2.08. The number of likely N-dealkylation sites (tertiary alicyclic amines) is 2. The van der Waals surface area contributed by atoms with Gasteiger partial charge in [0.25, 0.3) is 0 Å². The van der Waals surface area contributed by atoms with Crippen molar-refractivity contribution in [1.82, 2.24) is 9.80 Å². The lowest BCUT2D eigenvalue weighted by Gasteiger charge is -2.40. The average molecular weight is 370 g/mol. The average Bonchev–Trinajstić information content (AvgIpc) is 3.15. The normalized spacial score (nSPS) is 22.3. The number of amides is 3. The van der Waals surface area contributed by atoms with Crippen molar-refractivity contribution in [1.29, 1.82) is 0 Å². The molecule has 0 unspecified atom stereocenters. The van der Waals surface area contributed by atoms with Gasteiger partial charge in [-0.15, -0.1) is 0 Å². The van der Waals surface area contributed by atoms with Crippen molar-refractivity contribution >= 4 is 23.3 Å². The first-order chi connectivity index (χ1) is 13.2. The molecule has 0 bridgehead atoms. The monoisotopic (exact) mass is 370 g/mol. The maximum absolute atomic E-state index is 12.6. The van der Waals surface area contributed by atoms with E-state index in [2.05, 4.69) is 10.2 Å². The lowest BCUT2D eigenvalue weighted by atomic mass is 10.0. The minimum atomic E-state index is -0.0166. The van der Waals surface area contributed by atoms with Gasteiger partial charge in [-0.25, -0.2) is 4.79 Å². The number of benzene rings is 1. The van der Waals surface area contributed by atoms with Crippen molar-refractivity contribution < 1.29 is 9.59 Å². The first kappa shape index (κ1) is 18.3. The van der Waals surface area contributed by atoms with E-state index in [9.17, 15) is 9.59 Å². The molecule has 3 heterocycles. The van der Waals surface area contributed by atoms with Gasteiger partial charge in [-0.2, -0.15) is 0 Å². The standard InChI is InChI=1S/C21H30N4O2/c26-20-5-4-14-25(20)19-8-6-17(7-9-19)22-21(27)24-15-10-18(11-16-24)23-12-2-1-3-13-23/h6-9,18H,1-5,10-16H2,(H,22,27). The molecule has 0 spiro atoms. The number of nitrogens with zero attached hydrogens (tertiary/aromatic N) is 3. The van der Waals surface area contributed by atoms with Gasteiger partial charge < -0.3 is 20.0 Å². The van der Waals surface area contributed by atoms with E-state index in [1.807, 2.05) is 34.1 Å². The van der Waals surface area contributed by atoms with Crippen molar-refractivity contribution in [3.8, 4) is 0 Å². The first-order valence-corrected chi connectivity index (χ1v) is 10.4. The molecule has 3 aliphatic heterocycles. The van der Waals surface area contributed by atoms with Gasteiger partial charge in [0.2, 0.25) is 5.91 Å². The van der Waals surface area contributed by atoms with Crippen LogP contribution in [-0.4, -0.2) is 60.5 Å². The molecular weight excluding hydrogens is 340 g/mol. The number of piperidine rings is 2. The summed E-state index contributed by atoms with van der Waals surface area (Å²) in [7, 11) is 0. The molecule has 0 radical (unpaired) electrons. The summed E-state index contributed by atoms with van der Waals surface area (Å²) in [5.74, 6) is 0.184. The Labute approximate surface area is 161 Å².